The van der Waals surface area contributed by atoms with Gasteiger partial charge in [-0.2, -0.15) is 5.26 Å². The molecule has 1 saturated carbocycles. The fourth-order valence-electron chi connectivity index (χ4n) is 4.18. The van der Waals surface area contributed by atoms with Crippen molar-refractivity contribution in [2.45, 2.75) is 82.7 Å². The average molecular weight is 406 g/mol. The molecule has 1 saturated heterocycles. The van der Waals surface area contributed by atoms with E-state index in [0.29, 0.717) is 38.5 Å². The van der Waals surface area contributed by atoms with Crippen LogP contribution in [-0.4, -0.2) is 52.9 Å². The van der Waals surface area contributed by atoms with Crippen molar-refractivity contribution in [1.29, 1.82) is 5.26 Å². The van der Waals surface area contributed by atoms with Crippen LogP contribution in [0.4, 0.5) is 4.79 Å². The maximum Gasteiger partial charge on any atom is 0.326 e. The Labute approximate surface area is 171 Å². The van der Waals surface area contributed by atoms with Gasteiger partial charge in [0.25, 0.3) is 11.8 Å². The Balaban J connectivity index is 1.88. The molecule has 9 nitrogen and oxygen atoms in total. The number of ether oxygens (including phenoxy) is 1. The molecule has 2 fully saturated rings. The topological polar surface area (TPSA) is 129 Å². The van der Waals surface area contributed by atoms with Crippen LogP contribution < -0.4 is 10.6 Å². The first-order valence-corrected chi connectivity index (χ1v) is 10.3. The van der Waals surface area contributed by atoms with Crippen LogP contribution in [0.2, 0.25) is 0 Å². The Morgan fingerprint density at radius 3 is 2.34 bits per heavy atom. The van der Waals surface area contributed by atoms with E-state index in [1.165, 1.54) is 0 Å². The van der Waals surface area contributed by atoms with Gasteiger partial charge < -0.3 is 15.4 Å². The van der Waals surface area contributed by atoms with Crippen molar-refractivity contribution in [2.75, 3.05) is 13.2 Å². The van der Waals surface area contributed by atoms with E-state index in [4.69, 9.17) is 4.74 Å². The number of urea groups is 1. The van der Waals surface area contributed by atoms with Gasteiger partial charge in [0.15, 0.2) is 6.61 Å². The van der Waals surface area contributed by atoms with Crippen LogP contribution in [0.1, 0.15) is 71.6 Å². The van der Waals surface area contributed by atoms with E-state index in [1.54, 1.807) is 0 Å². The van der Waals surface area contributed by atoms with Crippen molar-refractivity contribution in [3.8, 4) is 6.07 Å². The summed E-state index contributed by atoms with van der Waals surface area (Å²) in [5.41, 5.74) is -1.88. The zero-order valence-electron chi connectivity index (χ0n) is 17.2. The van der Waals surface area contributed by atoms with Crippen molar-refractivity contribution in [3.05, 3.63) is 0 Å². The number of carbonyl (C=O) groups is 4. The third kappa shape index (κ3) is 5.25. The summed E-state index contributed by atoms with van der Waals surface area (Å²) in [7, 11) is 0. The van der Waals surface area contributed by atoms with E-state index >= 15 is 0 Å². The van der Waals surface area contributed by atoms with Crippen LogP contribution in [0.25, 0.3) is 0 Å². The van der Waals surface area contributed by atoms with Crippen LogP contribution >= 0.6 is 0 Å². The Morgan fingerprint density at radius 1 is 1.17 bits per heavy atom. The van der Waals surface area contributed by atoms with E-state index < -0.39 is 48.0 Å². The van der Waals surface area contributed by atoms with E-state index in [0.717, 1.165) is 24.2 Å². The van der Waals surface area contributed by atoms with Crippen LogP contribution in [0.15, 0.2) is 0 Å². The highest BCUT2D eigenvalue weighted by molar-refractivity contribution is 6.08. The van der Waals surface area contributed by atoms with Crippen LogP contribution in [-0.2, 0) is 19.1 Å². The summed E-state index contributed by atoms with van der Waals surface area (Å²) >= 11 is 0. The third-order valence-electron chi connectivity index (χ3n) is 5.55. The molecule has 0 aromatic carbocycles. The minimum atomic E-state index is -0.974. The van der Waals surface area contributed by atoms with Gasteiger partial charge in [-0.15, -0.1) is 0 Å². The van der Waals surface area contributed by atoms with Gasteiger partial charge in [-0.25, -0.2) is 4.79 Å². The first kappa shape index (κ1) is 22.7. The number of carbonyl (C=O) groups excluding carboxylic acids is 4. The van der Waals surface area contributed by atoms with E-state index in [2.05, 4.69) is 16.7 Å². The summed E-state index contributed by atoms with van der Waals surface area (Å²) in [5.74, 6) is -1.84. The van der Waals surface area contributed by atoms with E-state index in [1.807, 2.05) is 13.8 Å². The Kier molecular flexibility index (Phi) is 7.59. The number of rotatable bonds is 9. The molecule has 0 radical (unpaired) electrons. The highest BCUT2D eigenvalue weighted by Crippen LogP contribution is 2.28. The zero-order valence-corrected chi connectivity index (χ0v) is 17.2. The largest absolute Gasteiger partial charge is 0.454 e. The number of nitrogens with zero attached hydrogens (tertiary/aromatic N) is 2. The molecule has 1 aliphatic heterocycles. The Morgan fingerprint density at radius 2 is 1.79 bits per heavy atom. The number of hydrogen-bond acceptors (Lipinski definition) is 6. The number of imide groups is 1. The SMILES string of the molecule is CCCC1(CCC)NC(=O)N(CC(=O)OCC(=O)NC2(C#N)CCCCC2)C1=O. The molecule has 1 heterocycles. The van der Waals surface area contributed by atoms with Gasteiger partial charge in [-0.05, 0) is 25.7 Å². The standard InChI is InChI=1S/C20H30N4O5/c1-3-8-20(9-4-2)17(27)24(18(28)23-20)12-16(26)29-13-15(25)22-19(14-21)10-6-5-7-11-19/h3-13H2,1-2H3,(H,22,25)(H,23,28). The van der Waals surface area contributed by atoms with Gasteiger partial charge in [0.2, 0.25) is 0 Å². The molecule has 29 heavy (non-hydrogen) atoms. The summed E-state index contributed by atoms with van der Waals surface area (Å²) in [6, 6.07) is 1.54. The summed E-state index contributed by atoms with van der Waals surface area (Å²) in [6.07, 6.45) is 6.30. The molecule has 0 aromatic rings. The summed E-state index contributed by atoms with van der Waals surface area (Å²) in [6.45, 7) is 2.75. The highest BCUT2D eigenvalue weighted by Gasteiger charge is 2.50. The smallest absolute Gasteiger partial charge is 0.326 e. The molecule has 2 aliphatic rings. The second-order valence-corrected chi connectivity index (χ2v) is 7.87. The minimum Gasteiger partial charge on any atom is -0.454 e. The molecule has 4 amide bonds. The highest BCUT2D eigenvalue weighted by atomic mass is 16.5. The Bertz CT molecular complexity index is 687. The van der Waals surface area contributed by atoms with Gasteiger partial charge in [0.05, 0.1) is 6.07 Å². The van der Waals surface area contributed by atoms with Crippen molar-refractivity contribution >= 4 is 23.8 Å². The molecule has 0 atom stereocenters. The van der Waals surface area contributed by atoms with Crippen LogP contribution in [0, 0.1) is 11.3 Å². The van der Waals surface area contributed by atoms with Crippen molar-refractivity contribution < 1.29 is 23.9 Å². The monoisotopic (exact) mass is 406 g/mol. The molecule has 0 aromatic heterocycles. The summed E-state index contributed by atoms with van der Waals surface area (Å²) in [5, 5.41) is 14.8. The average Bonchev–Trinajstić information content (AvgIpc) is 2.92. The molecule has 2 rings (SSSR count). The van der Waals surface area contributed by atoms with Gasteiger partial charge >= 0.3 is 12.0 Å². The lowest BCUT2D eigenvalue weighted by Crippen LogP contribution is -2.50. The lowest BCUT2D eigenvalue weighted by atomic mass is 9.83. The molecule has 160 valence electrons. The number of amides is 4. The second-order valence-electron chi connectivity index (χ2n) is 7.87. The normalized spacial score (nSPS) is 20.0. The van der Waals surface area contributed by atoms with Crippen LogP contribution in [0.3, 0.4) is 0 Å². The predicted molar refractivity (Wildman–Crippen MR) is 103 cm³/mol. The number of esters is 1. The number of nitriles is 1. The molecular formula is C20H30N4O5. The van der Waals surface area contributed by atoms with Crippen molar-refractivity contribution in [2.24, 2.45) is 0 Å². The quantitative estimate of drug-likeness (QED) is 0.443. The third-order valence-corrected chi connectivity index (χ3v) is 5.55. The number of nitrogens with one attached hydrogen (secondary N) is 2. The van der Waals surface area contributed by atoms with Gasteiger partial charge in [-0.3, -0.25) is 19.3 Å². The minimum absolute atomic E-state index is 0.432. The molecule has 0 unspecified atom stereocenters. The maximum absolute atomic E-state index is 12.8. The molecular weight excluding hydrogens is 376 g/mol. The molecule has 9 heteroatoms. The summed E-state index contributed by atoms with van der Waals surface area (Å²) in [4.78, 5) is 50.1. The molecule has 0 spiro atoms. The summed E-state index contributed by atoms with van der Waals surface area (Å²) < 4.78 is 4.95. The van der Waals surface area contributed by atoms with Crippen molar-refractivity contribution in [1.82, 2.24) is 15.5 Å². The second kappa shape index (κ2) is 9.72. The van der Waals surface area contributed by atoms with Crippen molar-refractivity contribution in [3.63, 3.8) is 0 Å². The fraction of sp³-hybridized carbons (Fsp3) is 0.750. The van der Waals surface area contributed by atoms with Gasteiger partial charge in [-0.1, -0.05) is 46.0 Å². The van der Waals surface area contributed by atoms with Gasteiger partial charge in [0, 0.05) is 0 Å². The van der Waals surface area contributed by atoms with E-state index in [-0.39, 0.29) is 0 Å². The van der Waals surface area contributed by atoms with E-state index in [9.17, 15) is 24.4 Å². The Hall–Kier alpha value is -2.63. The lowest BCUT2D eigenvalue weighted by Gasteiger charge is -2.31. The fourth-order valence-corrected chi connectivity index (χ4v) is 4.18. The first-order valence-electron chi connectivity index (χ1n) is 10.3. The molecule has 0 bridgehead atoms. The van der Waals surface area contributed by atoms with Gasteiger partial charge in [0.1, 0.15) is 17.6 Å². The lowest BCUT2D eigenvalue weighted by molar-refractivity contribution is -0.151. The zero-order chi connectivity index (χ0) is 21.5. The first-order chi connectivity index (χ1) is 13.8. The number of hydrogen-bond donors (Lipinski definition) is 2. The molecule has 2 N–H and O–H groups in total. The maximum atomic E-state index is 12.8. The predicted octanol–water partition coefficient (Wildman–Crippen LogP) is 1.76. The van der Waals surface area contributed by atoms with Crippen LogP contribution in [0.5, 0.6) is 0 Å². The molecule has 1 aliphatic carbocycles.